The second kappa shape index (κ2) is 9.94. The highest BCUT2D eigenvalue weighted by molar-refractivity contribution is 5.87. The Morgan fingerprint density at radius 2 is 2.04 bits per heavy atom. The summed E-state index contributed by atoms with van der Waals surface area (Å²) in [5, 5.41) is 6.03. The topological polar surface area (TPSA) is 48.3 Å². The van der Waals surface area contributed by atoms with Crippen LogP contribution in [0.4, 0.5) is 0 Å². The highest BCUT2D eigenvalue weighted by Crippen LogP contribution is 2.28. The monoisotopic (exact) mass is 353 g/mol. The molecule has 3 aromatic rings. The number of hydrogen-bond acceptors (Lipinski definition) is 4. The number of aryl methyl sites for hydroxylation is 1. The number of aromatic nitrogens is 2. The molecule has 0 saturated carbocycles. The minimum atomic E-state index is 0.569. The van der Waals surface area contributed by atoms with Crippen LogP contribution in [0.25, 0.3) is 10.8 Å². The number of nitrogens with zero attached hydrogens (tertiary/aromatic N) is 2. The maximum Gasteiger partial charge on any atom is 0.124 e. The fourth-order valence-electron chi connectivity index (χ4n) is 3.01. The summed E-state index contributed by atoms with van der Waals surface area (Å²) in [4.78, 5) is 4.07. The third-order valence-corrected chi connectivity index (χ3v) is 4.32. The zero-order valence-corrected chi connectivity index (χ0v) is 15.4. The van der Waals surface area contributed by atoms with Gasteiger partial charge in [0.15, 0.2) is 0 Å². The number of benzene rings is 2. The van der Waals surface area contributed by atoms with Gasteiger partial charge in [-0.05, 0) is 36.7 Å². The van der Waals surface area contributed by atoms with Crippen LogP contribution < -0.4 is 10.1 Å². The molecule has 0 aliphatic heterocycles. The van der Waals surface area contributed by atoms with Crippen LogP contribution in [0.3, 0.4) is 0 Å². The largest absolute Gasteiger partial charge is 0.491 e. The van der Waals surface area contributed by atoms with Crippen molar-refractivity contribution in [3.05, 3.63) is 60.7 Å². The van der Waals surface area contributed by atoms with E-state index in [1.54, 1.807) is 0 Å². The Labute approximate surface area is 155 Å². The highest BCUT2D eigenvalue weighted by atomic mass is 16.5. The van der Waals surface area contributed by atoms with E-state index in [4.69, 9.17) is 9.47 Å². The summed E-state index contributed by atoms with van der Waals surface area (Å²) in [5.41, 5.74) is 1.21. The van der Waals surface area contributed by atoms with E-state index in [1.165, 1.54) is 16.3 Å². The van der Waals surface area contributed by atoms with E-state index in [-0.39, 0.29) is 0 Å². The van der Waals surface area contributed by atoms with Gasteiger partial charge >= 0.3 is 0 Å². The van der Waals surface area contributed by atoms with Gasteiger partial charge in [-0.2, -0.15) is 0 Å². The third-order valence-electron chi connectivity index (χ3n) is 4.32. The van der Waals surface area contributed by atoms with Crippen LogP contribution in [0.2, 0.25) is 0 Å². The van der Waals surface area contributed by atoms with Gasteiger partial charge in [0.1, 0.15) is 12.4 Å². The molecule has 0 aliphatic rings. The maximum absolute atomic E-state index is 5.99. The minimum Gasteiger partial charge on any atom is -0.491 e. The van der Waals surface area contributed by atoms with Crippen molar-refractivity contribution in [1.29, 1.82) is 0 Å². The minimum absolute atomic E-state index is 0.569. The van der Waals surface area contributed by atoms with E-state index < -0.39 is 0 Å². The summed E-state index contributed by atoms with van der Waals surface area (Å²) in [6.07, 6.45) is 6.72. The summed E-state index contributed by atoms with van der Waals surface area (Å²) in [7, 11) is 0. The molecule has 3 rings (SSSR count). The van der Waals surface area contributed by atoms with Crippen LogP contribution in [0.1, 0.15) is 18.9 Å². The smallest absolute Gasteiger partial charge is 0.124 e. The molecule has 0 unspecified atom stereocenters. The van der Waals surface area contributed by atoms with Gasteiger partial charge in [-0.3, -0.25) is 0 Å². The molecule has 1 aromatic heterocycles. The Balaban J connectivity index is 1.61. The van der Waals surface area contributed by atoms with Crippen molar-refractivity contribution < 1.29 is 9.47 Å². The molecule has 0 atom stereocenters. The molecule has 5 nitrogen and oxygen atoms in total. The zero-order valence-electron chi connectivity index (χ0n) is 15.4. The Kier molecular flexibility index (Phi) is 7.05. The number of ether oxygens (including phenoxy) is 2. The molecular formula is C21H27N3O2. The van der Waals surface area contributed by atoms with E-state index in [2.05, 4.69) is 51.3 Å². The number of nitrogens with one attached hydrogen (secondary N) is 1. The predicted octanol–water partition coefficient (Wildman–Crippen LogP) is 3.63. The van der Waals surface area contributed by atoms with Crippen molar-refractivity contribution in [3.63, 3.8) is 0 Å². The van der Waals surface area contributed by atoms with E-state index in [1.807, 2.05) is 25.6 Å². The number of rotatable bonds is 11. The third kappa shape index (κ3) is 5.07. The molecule has 26 heavy (non-hydrogen) atoms. The molecule has 1 heterocycles. The van der Waals surface area contributed by atoms with Crippen molar-refractivity contribution in [2.45, 2.75) is 26.4 Å². The molecule has 0 saturated heterocycles. The summed E-state index contributed by atoms with van der Waals surface area (Å²) < 4.78 is 13.5. The van der Waals surface area contributed by atoms with Crippen LogP contribution in [0.15, 0.2) is 55.1 Å². The first-order chi connectivity index (χ1) is 12.9. The first-order valence-corrected chi connectivity index (χ1v) is 9.26. The van der Waals surface area contributed by atoms with Gasteiger partial charge in [-0.25, -0.2) is 4.98 Å². The summed E-state index contributed by atoms with van der Waals surface area (Å²) in [6, 6.07) is 12.6. The average Bonchev–Trinajstić information content (AvgIpc) is 3.19. The van der Waals surface area contributed by atoms with E-state index in [0.717, 1.165) is 31.8 Å². The molecule has 0 spiro atoms. The average molecular weight is 353 g/mol. The van der Waals surface area contributed by atoms with Crippen molar-refractivity contribution in [2.24, 2.45) is 0 Å². The molecule has 138 valence electrons. The molecule has 0 radical (unpaired) electrons. The van der Waals surface area contributed by atoms with Gasteiger partial charge in [0.05, 0.1) is 12.9 Å². The Morgan fingerprint density at radius 3 is 2.88 bits per heavy atom. The molecule has 0 aliphatic carbocycles. The van der Waals surface area contributed by atoms with Crippen LogP contribution in [0.5, 0.6) is 5.75 Å². The zero-order chi connectivity index (χ0) is 18.0. The number of hydrogen-bond donors (Lipinski definition) is 1. The number of fused-ring (bicyclic) bond motifs is 1. The molecular weight excluding hydrogens is 326 g/mol. The Bertz CT molecular complexity index is 787. The summed E-state index contributed by atoms with van der Waals surface area (Å²) >= 11 is 0. The second-order valence-electron chi connectivity index (χ2n) is 6.14. The molecule has 0 fully saturated rings. The predicted molar refractivity (Wildman–Crippen MR) is 104 cm³/mol. The number of imidazole rings is 1. The Hall–Kier alpha value is -2.37. The van der Waals surface area contributed by atoms with Gasteiger partial charge in [0.2, 0.25) is 0 Å². The standard InChI is InChI=1S/C21H27N3O2/c1-2-25-14-15-26-21-9-8-18-6-3-4-7-19(18)20(21)16-22-10-5-12-24-13-11-23-17-24/h3-4,6-9,11,13,17,22H,2,5,10,12,14-16H2,1H3. The first kappa shape index (κ1) is 18.4. The first-order valence-electron chi connectivity index (χ1n) is 9.26. The van der Waals surface area contributed by atoms with E-state index in [9.17, 15) is 0 Å². The van der Waals surface area contributed by atoms with Crippen LogP contribution >= 0.6 is 0 Å². The van der Waals surface area contributed by atoms with Crippen LogP contribution in [-0.4, -0.2) is 35.9 Å². The normalized spacial score (nSPS) is 11.1. The van der Waals surface area contributed by atoms with Crippen molar-refractivity contribution in [3.8, 4) is 5.75 Å². The fraction of sp³-hybridized carbons (Fsp3) is 0.381. The molecule has 0 amide bonds. The lowest BCUT2D eigenvalue weighted by molar-refractivity contribution is 0.110. The molecule has 5 heteroatoms. The van der Waals surface area contributed by atoms with Gasteiger partial charge in [-0.15, -0.1) is 0 Å². The fourth-order valence-corrected chi connectivity index (χ4v) is 3.01. The molecule has 0 bridgehead atoms. The van der Waals surface area contributed by atoms with Crippen molar-refractivity contribution >= 4 is 10.8 Å². The van der Waals surface area contributed by atoms with Gasteiger partial charge in [0.25, 0.3) is 0 Å². The lowest BCUT2D eigenvalue weighted by Gasteiger charge is -2.15. The lowest BCUT2D eigenvalue weighted by Crippen LogP contribution is -2.17. The van der Waals surface area contributed by atoms with Crippen LogP contribution in [-0.2, 0) is 17.8 Å². The molecule has 1 N–H and O–H groups in total. The van der Waals surface area contributed by atoms with Gasteiger partial charge < -0.3 is 19.4 Å². The van der Waals surface area contributed by atoms with Crippen LogP contribution in [0, 0.1) is 0 Å². The molecule has 2 aromatic carbocycles. The van der Waals surface area contributed by atoms with Crippen molar-refractivity contribution in [2.75, 3.05) is 26.4 Å². The highest BCUT2D eigenvalue weighted by Gasteiger charge is 2.08. The maximum atomic E-state index is 5.99. The quantitative estimate of drug-likeness (QED) is 0.535. The summed E-state index contributed by atoms with van der Waals surface area (Å²) in [6.45, 7) is 6.60. The van der Waals surface area contributed by atoms with E-state index in [0.29, 0.717) is 19.8 Å². The summed E-state index contributed by atoms with van der Waals surface area (Å²) in [5.74, 6) is 0.936. The lowest BCUT2D eigenvalue weighted by atomic mass is 10.0. The Morgan fingerprint density at radius 1 is 1.12 bits per heavy atom. The van der Waals surface area contributed by atoms with E-state index >= 15 is 0 Å². The SMILES string of the molecule is CCOCCOc1ccc2ccccc2c1CNCCCn1ccnc1. The van der Waals surface area contributed by atoms with Gasteiger partial charge in [-0.1, -0.05) is 30.3 Å². The van der Waals surface area contributed by atoms with Crippen molar-refractivity contribution in [1.82, 2.24) is 14.9 Å². The second-order valence-corrected chi connectivity index (χ2v) is 6.14. The van der Waals surface area contributed by atoms with Gasteiger partial charge in [0, 0.05) is 37.7 Å².